The van der Waals surface area contributed by atoms with Gasteiger partial charge in [-0.2, -0.15) is 0 Å². The summed E-state index contributed by atoms with van der Waals surface area (Å²) in [5.41, 5.74) is 18.8. The van der Waals surface area contributed by atoms with Crippen molar-refractivity contribution in [3.8, 4) is 0 Å². The second kappa shape index (κ2) is 54.8. The number of carboxylic acid groups (broad SMARTS) is 2. The Labute approximate surface area is 908 Å². The summed E-state index contributed by atoms with van der Waals surface area (Å²) in [5.74, 6) is -5.73. The first kappa shape index (κ1) is 130. The van der Waals surface area contributed by atoms with Crippen molar-refractivity contribution in [2.75, 3.05) is 27.3 Å². The number of thioether (sulfide) groups is 2. The van der Waals surface area contributed by atoms with E-state index in [-0.39, 0.29) is 163 Å². The van der Waals surface area contributed by atoms with E-state index in [0.29, 0.717) is 0 Å². The van der Waals surface area contributed by atoms with Crippen LogP contribution in [0.3, 0.4) is 0 Å². The van der Waals surface area contributed by atoms with Crippen LogP contribution in [0.25, 0.3) is 0 Å². The van der Waals surface area contributed by atoms with Gasteiger partial charge in [-0.15, -0.1) is 23.5 Å². The number of nitrogens with one attached hydrogen (secondary N) is 6. The molecule has 2 aromatic rings. The second-order valence-electron chi connectivity index (χ2n) is 34.4. The summed E-state index contributed by atoms with van der Waals surface area (Å²) in [4.78, 5) is 98.1. The molecule has 4 amide bonds. The van der Waals surface area contributed by atoms with Crippen LogP contribution in [-0.2, 0) is 120 Å². The van der Waals surface area contributed by atoms with Crippen molar-refractivity contribution < 1.29 is 345 Å². The molecule has 0 radical (unpaired) electrons. The molecule has 69 heteroatoms. The number of carbonyl (C=O) groups excluding carboxylic acids is 8. The Morgan fingerprint density at radius 2 is 0.720 bits per heavy atom. The number of aliphatic carboxylic acids is 2. The Morgan fingerprint density at radius 3 is 0.965 bits per heavy atom. The molecule has 10 aliphatic rings. The summed E-state index contributed by atoms with van der Waals surface area (Å²) < 4.78 is 147. The summed E-state index contributed by atoms with van der Waals surface area (Å²) in [6.07, 6.45) is -32.8. The molecule has 8 saturated heterocycles. The van der Waals surface area contributed by atoms with Crippen LogP contribution in [-0.4, -0.2) is 460 Å². The smallest absolute Gasteiger partial charge is 0.759 e. The van der Waals surface area contributed by atoms with E-state index in [4.69, 9.17) is 135 Å². The van der Waals surface area contributed by atoms with Gasteiger partial charge in [0.25, 0.3) is 23.8 Å². The largest absolute Gasteiger partial charge is 1.00 e. The average Bonchev–Trinajstić information content (AvgIpc) is 1.56. The van der Waals surface area contributed by atoms with E-state index in [1.807, 2.05) is 60.7 Å². The van der Waals surface area contributed by atoms with Crippen molar-refractivity contribution in [2.24, 2.45) is 22.9 Å². The molecule has 10 fully saturated rings. The van der Waals surface area contributed by atoms with Crippen LogP contribution in [0.15, 0.2) is 60.7 Å². The van der Waals surface area contributed by atoms with Gasteiger partial charge in [0.1, 0.15) is 108 Å². The quantitative estimate of drug-likeness (QED) is 0.00791. The van der Waals surface area contributed by atoms with E-state index in [2.05, 4.69) is 10.6 Å². The van der Waals surface area contributed by atoms with Gasteiger partial charge in [-0.05, 0) is 52.7 Å². The number of fused-ring (bicyclic) bond motifs is 2. The molecule has 36 atom stereocenters. The van der Waals surface area contributed by atoms with E-state index in [9.17, 15) is 120 Å². The topological polar surface area (TPSA) is 1110 Å². The van der Waals surface area contributed by atoms with Crippen LogP contribution in [0.5, 0.6) is 0 Å². The van der Waals surface area contributed by atoms with Crippen LogP contribution in [0.2, 0.25) is 0 Å². The number of aliphatic hydroxyl groups excluding tert-OH is 12. The third-order valence-corrected chi connectivity index (χ3v) is 27.0. The molecule has 2 saturated carbocycles. The fourth-order valence-corrected chi connectivity index (χ4v) is 20.4. The number of aliphatic hydroxyl groups is 14. The number of likely N-dealkylation sites (N-methyl/N-ethyl adjacent to an activating group) is 2. The number of nitrogens with two attached hydrogens (primary N) is 10. The zero-order valence-corrected chi connectivity index (χ0v) is 87.9. The van der Waals surface area contributed by atoms with Gasteiger partial charge in [0, 0.05) is 40.7 Å². The maximum absolute atomic E-state index is 12.2. The first-order valence-corrected chi connectivity index (χ1v) is 47.9. The Hall–Kier alpha value is -5.06. The number of carboxylic acids is 2. The minimum Gasteiger partial charge on any atom is -0.759 e. The van der Waals surface area contributed by atoms with Crippen molar-refractivity contribution in [3.05, 3.63) is 71.8 Å². The molecule has 2 aliphatic carbocycles. The van der Waals surface area contributed by atoms with Crippen LogP contribution < -0.4 is 178 Å². The van der Waals surface area contributed by atoms with Crippen LogP contribution in [0.4, 0.5) is 0 Å². The number of guanidine groups is 4. The minimum atomic E-state index is -5.17. The number of benzene rings is 2. The zero-order chi connectivity index (χ0) is 107. The molecular formula is C74H118K2N18O44S5. The number of amides is 4. The summed E-state index contributed by atoms with van der Waals surface area (Å²) in [5, 5.41) is 213. The number of aldehydes is 2. The normalized spacial score (nSPS) is 36.9. The molecule has 40 N–H and O–H groups in total. The third-order valence-electron chi connectivity index (χ3n) is 23.9. The summed E-state index contributed by atoms with van der Waals surface area (Å²) in [7, 11) is -12.4. The van der Waals surface area contributed by atoms with Gasteiger partial charge in [0.15, 0.2) is 84.8 Å². The SMILES string of the molecule is CC1(C)S[C@@H]2[C@H](NC(=O)Cc3ccccc3)C(=O)N2[C@H]1C(=O)[O-].CC1(C)S[C@@H]2[C@H](NC(=O)Cc3ccccc3)C(=O)N2[C@H]1C(=O)[O-].C[NH2+][C@@H]1[C@H](O[C@H]2[C@H](O[C@H]3[C@H](O)[C@@H](O)[C@H]([NH2+]C(=N)N)[C@@H](O)[C@@H]3[NH2+]C(=N)N)O[C@@H](C)[C@]2(O)C=O)O[C@@H](CO)[C@H](O)[C@H]1O.C[NH2+][C@@H]1[C@H](O[C@H]2[C@H](O[C@H]3[C@H](O)[C@@H](O)[C@H]([NH2+]C(=N)N)[C@@H](O)[C@@H]3[NH2+]C(=N)N)O[C@@H](C)[C@]2(O)C=O)O[C@@H](CO)[C@H](O)[C@H]1O.O=S(=O)([O-])[O-].O=S(=O)([O-])[O-].O=S(=O)([O-])[O-].[K+].[K+]. The first-order chi connectivity index (χ1) is 65.0. The van der Waals surface area contributed by atoms with Crippen molar-refractivity contribution in [1.82, 2.24) is 20.4 Å². The van der Waals surface area contributed by atoms with Crippen molar-refractivity contribution in [2.45, 2.75) is 281 Å². The first-order valence-electron chi connectivity index (χ1n) is 42.1. The molecular weight excluding hydrogens is 2080 g/mol. The summed E-state index contributed by atoms with van der Waals surface area (Å²) >= 11 is 2.77. The monoisotopic (exact) mass is 2200 g/mol. The number of rotatable bonds is 26. The Balaban J connectivity index is 0.000000385. The molecule has 12 rings (SSSR count). The van der Waals surface area contributed by atoms with Crippen LogP contribution >= 0.6 is 23.5 Å². The van der Waals surface area contributed by atoms with Crippen molar-refractivity contribution in [3.63, 3.8) is 0 Å². The van der Waals surface area contributed by atoms with Gasteiger partial charge >= 0.3 is 103 Å². The number of hydrogen-bond donors (Lipinski definition) is 30. The van der Waals surface area contributed by atoms with Gasteiger partial charge < -0.3 is 211 Å². The number of carbonyl (C=O) groups is 8. The van der Waals surface area contributed by atoms with E-state index < -0.39 is 296 Å². The number of hydrogen-bond acceptors (Lipinski definition) is 50. The Kier molecular flexibility index (Phi) is 49.9. The van der Waals surface area contributed by atoms with E-state index in [1.165, 1.54) is 57.8 Å². The predicted molar refractivity (Wildman–Crippen MR) is 453 cm³/mol. The molecule has 0 bridgehead atoms. The number of quaternary nitrogens is 6. The minimum absolute atomic E-state index is 0. The third kappa shape index (κ3) is 34.0. The Bertz CT molecular complexity index is 4680. The molecule has 800 valence electrons. The van der Waals surface area contributed by atoms with Crippen molar-refractivity contribution >= 4 is 127 Å². The van der Waals surface area contributed by atoms with E-state index in [0.717, 1.165) is 32.4 Å². The van der Waals surface area contributed by atoms with Gasteiger partial charge in [-0.1, -0.05) is 60.7 Å². The van der Waals surface area contributed by atoms with Crippen LogP contribution in [0, 0.1) is 21.6 Å². The van der Waals surface area contributed by atoms with E-state index in [1.54, 1.807) is 41.8 Å². The maximum atomic E-state index is 12.2. The number of nitrogens with zero attached hydrogens (tertiary/aromatic N) is 2. The molecule has 143 heavy (non-hydrogen) atoms. The average molecular weight is 2200 g/mol. The summed E-state index contributed by atoms with van der Waals surface area (Å²) in [6, 6.07) is 8.23. The summed E-state index contributed by atoms with van der Waals surface area (Å²) in [6.45, 7) is 8.39. The molecule has 2 aromatic carbocycles. The Morgan fingerprint density at radius 1 is 0.455 bits per heavy atom. The molecule has 62 nitrogen and oxygen atoms in total. The van der Waals surface area contributed by atoms with E-state index >= 15 is 0 Å². The maximum Gasteiger partial charge on any atom is 1.00 e. The fourth-order valence-electron chi connectivity index (χ4n) is 17.1. The standard InChI is InChI=1S/2C21H39N7O12.2C16H18N2O4S.2K.3H2O4S/c2*1-5-21(36,4-30)16(40-17-9(26-2)13(34)10(31)6(3-29)38-17)18(37-5)39-15-8(28-20(24)25)11(32)7(27-19(22)23)12(33)14(15)35;2*1-16(2)12(15(21)22)18-13(20)11(14(18)23-16)17-10(19)8-9-6-4-3-5-7-9;;;3*1-5(2,3)4/h2*4-18,26,29,31-36H,3H2,1-2H3,(H4,22,23,27)(H4,24,25,28);2*3-7,11-12,14H,8H2,1-2H3,(H,17,19)(H,21,22);;;3*(H2,1,2,3,4)/q;;;;2*+1;;;/p-2/t2*5-,6-,7+,8-,9-,10-,11+,12-,13-,14+,15+,16-,17-,18-,21+;2*11-,12+,14-;;;;;/m0011...../s1. The van der Waals surface area contributed by atoms with Gasteiger partial charge in [-0.3, -0.25) is 75.3 Å². The molecule has 0 unspecified atom stereocenters. The number of β-lactam (4-membered cyclic amide) rings is 2. The molecule has 0 aromatic heterocycles. The van der Waals surface area contributed by atoms with Crippen molar-refractivity contribution in [1.29, 1.82) is 21.6 Å². The zero-order valence-electron chi connectivity index (χ0n) is 77.6. The number of ether oxygens (including phenoxy) is 8. The van der Waals surface area contributed by atoms with Crippen LogP contribution in [0.1, 0.15) is 52.7 Å². The molecule has 0 spiro atoms. The van der Waals surface area contributed by atoms with Gasteiger partial charge in [-0.25, -0.2) is 21.6 Å². The molecule has 8 heterocycles. The van der Waals surface area contributed by atoms with Gasteiger partial charge in [0.05, 0.1) is 76.4 Å². The fraction of sp³-hybridized carbons (Fsp3) is 0.676. The second-order valence-corrected chi connectivity index (χ2v) is 40.4. The molecule has 8 aliphatic heterocycles. The predicted octanol–water partition coefficient (Wildman–Crippen LogP) is -32.6. The van der Waals surface area contributed by atoms with Gasteiger partial charge in [0.2, 0.25) is 36.2 Å².